The van der Waals surface area contributed by atoms with Crippen LogP contribution in [-0.2, 0) is 0 Å². The van der Waals surface area contributed by atoms with Gasteiger partial charge in [-0.15, -0.1) is 0 Å². The van der Waals surface area contributed by atoms with Gasteiger partial charge in [0.15, 0.2) is 0 Å². The van der Waals surface area contributed by atoms with Crippen molar-refractivity contribution in [2.75, 3.05) is 11.9 Å². The van der Waals surface area contributed by atoms with E-state index in [4.69, 9.17) is 0 Å². The highest BCUT2D eigenvalue weighted by Crippen LogP contribution is 2.18. The summed E-state index contributed by atoms with van der Waals surface area (Å²) in [5.74, 6) is 0.793. The van der Waals surface area contributed by atoms with E-state index in [0.29, 0.717) is 24.1 Å². The Morgan fingerprint density at radius 1 is 1.26 bits per heavy atom. The average molecular weight is 377 g/mol. The van der Waals surface area contributed by atoms with Crippen molar-refractivity contribution in [3.8, 4) is 0 Å². The third-order valence-corrected chi connectivity index (χ3v) is 3.67. The van der Waals surface area contributed by atoms with Crippen LogP contribution in [0.25, 0.3) is 0 Å². The molecule has 0 atom stereocenters. The molecule has 1 amide bonds. The van der Waals surface area contributed by atoms with E-state index in [9.17, 15) is 4.79 Å². The third kappa shape index (κ3) is 5.63. The Bertz CT molecular complexity index is 688. The Labute approximate surface area is 145 Å². The highest BCUT2D eigenvalue weighted by Gasteiger charge is 2.10. The topological polar surface area (TPSA) is 66.9 Å². The number of amides is 1. The molecule has 1 aromatic carbocycles. The Kier molecular flexibility index (Phi) is 6.10. The molecule has 1 aromatic heterocycles. The predicted octanol–water partition coefficient (Wildman–Crippen LogP) is 4.07. The Morgan fingerprint density at radius 2 is 2.04 bits per heavy atom. The molecule has 0 saturated heterocycles. The molecular weight excluding hydrogens is 356 g/mol. The van der Waals surface area contributed by atoms with Crippen LogP contribution in [0.15, 0.2) is 34.8 Å². The van der Waals surface area contributed by atoms with Crippen LogP contribution in [0, 0.1) is 12.8 Å². The molecule has 0 aliphatic rings. The SMILES string of the molecule is Cc1cc(C(=O)NCCC(C)C)nc(Nc2cccc(Br)c2)n1. The zero-order valence-electron chi connectivity index (χ0n) is 13.6. The number of rotatable bonds is 6. The van der Waals surface area contributed by atoms with Gasteiger partial charge in [0.25, 0.3) is 5.91 Å². The first-order chi connectivity index (χ1) is 10.9. The number of halogens is 1. The summed E-state index contributed by atoms with van der Waals surface area (Å²) in [6.07, 6.45) is 0.943. The number of carbonyl (C=O) groups is 1. The fourth-order valence-corrected chi connectivity index (χ4v) is 2.40. The minimum absolute atomic E-state index is 0.173. The van der Waals surface area contributed by atoms with Gasteiger partial charge >= 0.3 is 0 Å². The van der Waals surface area contributed by atoms with Crippen LogP contribution in [0.2, 0.25) is 0 Å². The summed E-state index contributed by atoms with van der Waals surface area (Å²) in [5.41, 5.74) is 1.97. The number of hydrogen-bond donors (Lipinski definition) is 2. The van der Waals surface area contributed by atoms with Crippen LogP contribution in [0.5, 0.6) is 0 Å². The highest BCUT2D eigenvalue weighted by molar-refractivity contribution is 9.10. The molecule has 1 heterocycles. The van der Waals surface area contributed by atoms with E-state index in [1.54, 1.807) is 6.07 Å². The normalized spacial score (nSPS) is 10.7. The lowest BCUT2D eigenvalue weighted by Crippen LogP contribution is -2.26. The van der Waals surface area contributed by atoms with Gasteiger partial charge in [-0.3, -0.25) is 4.79 Å². The molecule has 0 fully saturated rings. The molecule has 0 aliphatic heterocycles. The van der Waals surface area contributed by atoms with Gasteiger partial charge in [0.2, 0.25) is 5.95 Å². The third-order valence-electron chi connectivity index (χ3n) is 3.17. The quantitative estimate of drug-likeness (QED) is 0.797. The molecular formula is C17H21BrN4O. The monoisotopic (exact) mass is 376 g/mol. The van der Waals surface area contributed by atoms with Crippen molar-refractivity contribution in [1.82, 2.24) is 15.3 Å². The number of carbonyl (C=O) groups excluding carboxylic acids is 1. The van der Waals surface area contributed by atoms with Gasteiger partial charge in [0.05, 0.1) is 0 Å². The molecule has 2 N–H and O–H groups in total. The Hall–Kier alpha value is -1.95. The predicted molar refractivity (Wildman–Crippen MR) is 96.0 cm³/mol. The molecule has 122 valence electrons. The van der Waals surface area contributed by atoms with Crippen LogP contribution in [0.4, 0.5) is 11.6 Å². The number of aromatic nitrogens is 2. The lowest BCUT2D eigenvalue weighted by molar-refractivity contribution is 0.0947. The summed E-state index contributed by atoms with van der Waals surface area (Å²) >= 11 is 3.42. The van der Waals surface area contributed by atoms with Crippen molar-refractivity contribution in [2.24, 2.45) is 5.92 Å². The standard InChI is InChI=1S/C17H21BrN4O/c1-11(2)7-8-19-16(23)15-9-12(3)20-17(22-15)21-14-6-4-5-13(18)10-14/h4-6,9-11H,7-8H2,1-3H3,(H,19,23)(H,20,21,22). The Balaban J connectivity index is 2.10. The zero-order chi connectivity index (χ0) is 16.8. The molecule has 0 unspecified atom stereocenters. The van der Waals surface area contributed by atoms with Crippen molar-refractivity contribution in [2.45, 2.75) is 27.2 Å². The summed E-state index contributed by atoms with van der Waals surface area (Å²) in [6.45, 7) is 6.74. The van der Waals surface area contributed by atoms with Crippen molar-refractivity contribution in [3.63, 3.8) is 0 Å². The summed E-state index contributed by atoms with van der Waals surface area (Å²) in [6, 6.07) is 9.39. The second-order valence-corrected chi connectivity index (χ2v) is 6.71. The molecule has 5 nitrogen and oxygen atoms in total. The molecule has 23 heavy (non-hydrogen) atoms. The first-order valence-electron chi connectivity index (χ1n) is 7.60. The largest absolute Gasteiger partial charge is 0.351 e. The summed E-state index contributed by atoms with van der Waals surface area (Å²) < 4.78 is 0.960. The average Bonchev–Trinajstić information content (AvgIpc) is 2.46. The smallest absolute Gasteiger partial charge is 0.270 e. The fourth-order valence-electron chi connectivity index (χ4n) is 2.00. The second-order valence-electron chi connectivity index (χ2n) is 5.79. The van der Waals surface area contributed by atoms with Crippen molar-refractivity contribution >= 4 is 33.5 Å². The van der Waals surface area contributed by atoms with Crippen LogP contribution in [0.3, 0.4) is 0 Å². The van der Waals surface area contributed by atoms with E-state index in [-0.39, 0.29) is 5.91 Å². The minimum Gasteiger partial charge on any atom is -0.351 e. The van der Waals surface area contributed by atoms with Gasteiger partial charge in [-0.25, -0.2) is 9.97 Å². The van der Waals surface area contributed by atoms with Crippen LogP contribution >= 0.6 is 15.9 Å². The van der Waals surface area contributed by atoms with E-state index >= 15 is 0 Å². The molecule has 0 spiro atoms. The highest BCUT2D eigenvalue weighted by atomic mass is 79.9. The van der Waals surface area contributed by atoms with Gasteiger partial charge in [-0.2, -0.15) is 0 Å². The van der Waals surface area contributed by atoms with Crippen LogP contribution in [-0.4, -0.2) is 22.4 Å². The maximum Gasteiger partial charge on any atom is 0.270 e. The van der Waals surface area contributed by atoms with E-state index in [1.165, 1.54) is 0 Å². The Morgan fingerprint density at radius 3 is 2.74 bits per heavy atom. The number of nitrogens with zero attached hydrogens (tertiary/aromatic N) is 2. The summed E-state index contributed by atoms with van der Waals surface area (Å²) in [5, 5.41) is 6.02. The number of nitrogens with one attached hydrogen (secondary N) is 2. The molecule has 0 bridgehead atoms. The molecule has 2 aromatic rings. The number of benzene rings is 1. The minimum atomic E-state index is -0.173. The molecule has 2 rings (SSSR count). The number of aryl methyl sites for hydroxylation is 1. The van der Waals surface area contributed by atoms with Crippen molar-refractivity contribution in [3.05, 3.63) is 46.2 Å². The maximum atomic E-state index is 12.2. The maximum absolute atomic E-state index is 12.2. The number of hydrogen-bond acceptors (Lipinski definition) is 4. The van der Waals surface area contributed by atoms with E-state index in [2.05, 4.69) is 50.4 Å². The first-order valence-corrected chi connectivity index (χ1v) is 8.40. The van der Waals surface area contributed by atoms with Crippen molar-refractivity contribution in [1.29, 1.82) is 0 Å². The lowest BCUT2D eigenvalue weighted by atomic mass is 10.1. The van der Waals surface area contributed by atoms with Crippen LogP contribution < -0.4 is 10.6 Å². The van der Waals surface area contributed by atoms with Gasteiger partial charge in [0, 0.05) is 22.4 Å². The number of anilines is 2. The first kappa shape index (κ1) is 17.4. The molecule has 6 heteroatoms. The van der Waals surface area contributed by atoms with Gasteiger partial charge in [-0.1, -0.05) is 35.8 Å². The van der Waals surface area contributed by atoms with E-state index in [0.717, 1.165) is 22.3 Å². The lowest BCUT2D eigenvalue weighted by Gasteiger charge is -2.10. The van der Waals surface area contributed by atoms with Gasteiger partial charge in [0.1, 0.15) is 5.69 Å². The second kappa shape index (κ2) is 8.06. The van der Waals surface area contributed by atoms with Crippen LogP contribution in [0.1, 0.15) is 36.5 Å². The summed E-state index contributed by atoms with van der Waals surface area (Å²) in [7, 11) is 0. The van der Waals surface area contributed by atoms with Gasteiger partial charge in [-0.05, 0) is 43.5 Å². The van der Waals surface area contributed by atoms with Crippen molar-refractivity contribution < 1.29 is 4.79 Å². The molecule has 0 aliphatic carbocycles. The van der Waals surface area contributed by atoms with Gasteiger partial charge < -0.3 is 10.6 Å². The fraction of sp³-hybridized carbons (Fsp3) is 0.353. The van der Waals surface area contributed by atoms with E-state index in [1.807, 2.05) is 31.2 Å². The zero-order valence-corrected chi connectivity index (χ0v) is 15.1. The van der Waals surface area contributed by atoms with E-state index < -0.39 is 0 Å². The molecule has 0 saturated carbocycles. The molecule has 0 radical (unpaired) electrons. The summed E-state index contributed by atoms with van der Waals surface area (Å²) in [4.78, 5) is 20.8.